The molecule has 29 heavy (non-hydrogen) atoms. The Morgan fingerprint density at radius 1 is 1.03 bits per heavy atom. The lowest BCUT2D eigenvalue weighted by Crippen LogP contribution is -2.15. The van der Waals surface area contributed by atoms with Crippen LogP contribution in [0.25, 0.3) is 11.1 Å². The van der Waals surface area contributed by atoms with E-state index >= 15 is 0 Å². The van der Waals surface area contributed by atoms with Gasteiger partial charge in [-0.05, 0) is 36.6 Å². The molecule has 0 spiro atoms. The summed E-state index contributed by atoms with van der Waals surface area (Å²) in [5.74, 6) is 0.496. The number of anilines is 2. The summed E-state index contributed by atoms with van der Waals surface area (Å²) in [7, 11) is 0. The highest BCUT2D eigenvalue weighted by Crippen LogP contribution is 2.35. The second kappa shape index (κ2) is 9.34. The van der Waals surface area contributed by atoms with Crippen molar-refractivity contribution in [1.82, 2.24) is 15.0 Å². The topological polar surface area (TPSA) is 106 Å². The van der Waals surface area contributed by atoms with Crippen molar-refractivity contribution in [3.63, 3.8) is 0 Å². The largest absolute Gasteiger partial charge is 0.383 e. The highest BCUT2D eigenvalue weighted by Gasteiger charge is 2.14. The summed E-state index contributed by atoms with van der Waals surface area (Å²) in [5.41, 5.74) is 15.9. The van der Waals surface area contributed by atoms with E-state index in [9.17, 15) is 0 Å². The standard InChI is InChI=1S/C21H24ClN7/c1-3-17-19(20(23)26-21(24)25-17)15-10-11-16(22)18(12-15)27-28-29(4-2)13-14-8-6-5-7-9-14/h5-12H,3-4,13H2,1-2H3,(H4,23,24,25,26). The fourth-order valence-electron chi connectivity index (χ4n) is 2.97. The number of nitrogen functional groups attached to an aromatic ring is 2. The van der Waals surface area contributed by atoms with E-state index in [1.165, 1.54) is 0 Å². The summed E-state index contributed by atoms with van der Waals surface area (Å²) in [6, 6.07) is 15.6. The predicted molar refractivity (Wildman–Crippen MR) is 118 cm³/mol. The Labute approximate surface area is 175 Å². The van der Waals surface area contributed by atoms with Gasteiger partial charge in [-0.1, -0.05) is 60.1 Å². The van der Waals surface area contributed by atoms with Gasteiger partial charge in [-0.25, -0.2) is 4.98 Å². The van der Waals surface area contributed by atoms with Gasteiger partial charge in [0.1, 0.15) is 11.5 Å². The normalized spacial score (nSPS) is 11.1. The fourth-order valence-corrected chi connectivity index (χ4v) is 3.13. The third-order valence-corrected chi connectivity index (χ3v) is 4.77. The fraction of sp³-hybridized carbons (Fsp3) is 0.238. The molecule has 4 N–H and O–H groups in total. The van der Waals surface area contributed by atoms with Crippen molar-refractivity contribution >= 4 is 29.1 Å². The summed E-state index contributed by atoms with van der Waals surface area (Å²) < 4.78 is 0. The summed E-state index contributed by atoms with van der Waals surface area (Å²) in [6.07, 6.45) is 0.673. The van der Waals surface area contributed by atoms with Crippen LogP contribution in [-0.4, -0.2) is 21.5 Å². The highest BCUT2D eigenvalue weighted by molar-refractivity contribution is 6.33. The molecule has 2 aromatic carbocycles. The Hall–Kier alpha value is -3.19. The van der Waals surface area contributed by atoms with Gasteiger partial charge in [0.25, 0.3) is 0 Å². The van der Waals surface area contributed by atoms with Crippen LogP contribution < -0.4 is 11.5 Å². The molecule has 0 atom stereocenters. The zero-order chi connectivity index (χ0) is 20.8. The minimum absolute atomic E-state index is 0.163. The number of aryl methyl sites for hydroxylation is 1. The summed E-state index contributed by atoms with van der Waals surface area (Å²) in [5, 5.41) is 11.1. The Kier molecular flexibility index (Phi) is 6.61. The van der Waals surface area contributed by atoms with Crippen LogP contribution in [0.15, 0.2) is 58.9 Å². The third-order valence-electron chi connectivity index (χ3n) is 4.45. The molecule has 150 valence electrons. The van der Waals surface area contributed by atoms with Crippen LogP contribution in [-0.2, 0) is 13.0 Å². The van der Waals surface area contributed by atoms with Crippen molar-refractivity contribution in [3.05, 3.63) is 64.8 Å². The average molecular weight is 410 g/mol. The lowest BCUT2D eigenvalue weighted by molar-refractivity contribution is 0.276. The zero-order valence-electron chi connectivity index (χ0n) is 16.5. The number of rotatable bonds is 7. The molecule has 3 aromatic rings. The summed E-state index contributed by atoms with van der Waals surface area (Å²) in [4.78, 5) is 8.40. The second-order valence-electron chi connectivity index (χ2n) is 6.46. The van der Waals surface area contributed by atoms with E-state index in [4.69, 9.17) is 23.1 Å². The van der Waals surface area contributed by atoms with Crippen LogP contribution in [0.5, 0.6) is 0 Å². The van der Waals surface area contributed by atoms with Crippen molar-refractivity contribution in [2.75, 3.05) is 18.0 Å². The first kappa shape index (κ1) is 20.5. The first-order valence-corrected chi connectivity index (χ1v) is 9.81. The summed E-state index contributed by atoms with van der Waals surface area (Å²) in [6.45, 7) is 5.40. The highest BCUT2D eigenvalue weighted by atomic mass is 35.5. The van der Waals surface area contributed by atoms with Gasteiger partial charge in [-0.15, -0.1) is 5.11 Å². The number of aromatic nitrogens is 2. The first-order valence-electron chi connectivity index (χ1n) is 9.44. The molecule has 0 aliphatic heterocycles. The van der Waals surface area contributed by atoms with Gasteiger partial charge in [0.15, 0.2) is 0 Å². The van der Waals surface area contributed by atoms with E-state index in [1.54, 1.807) is 6.07 Å². The molecule has 1 heterocycles. The molecule has 8 heteroatoms. The molecule has 0 radical (unpaired) electrons. The van der Waals surface area contributed by atoms with E-state index in [2.05, 4.69) is 32.4 Å². The molecule has 7 nitrogen and oxygen atoms in total. The Morgan fingerprint density at radius 3 is 2.48 bits per heavy atom. The first-order chi connectivity index (χ1) is 14.0. The van der Waals surface area contributed by atoms with Gasteiger partial charge in [0, 0.05) is 12.1 Å². The monoisotopic (exact) mass is 409 g/mol. The maximum absolute atomic E-state index is 6.35. The summed E-state index contributed by atoms with van der Waals surface area (Å²) >= 11 is 6.35. The van der Waals surface area contributed by atoms with Gasteiger partial charge in [-0.3, -0.25) is 5.01 Å². The molecular weight excluding hydrogens is 386 g/mol. The minimum Gasteiger partial charge on any atom is -0.383 e. The molecule has 0 fully saturated rings. The van der Waals surface area contributed by atoms with Crippen molar-refractivity contribution < 1.29 is 0 Å². The lowest BCUT2D eigenvalue weighted by Gasteiger charge is -2.15. The van der Waals surface area contributed by atoms with Gasteiger partial charge in [0.05, 0.1) is 17.3 Å². The Balaban J connectivity index is 1.91. The molecule has 0 bridgehead atoms. The Morgan fingerprint density at radius 2 is 1.79 bits per heavy atom. The third kappa shape index (κ3) is 5.00. The van der Waals surface area contributed by atoms with Crippen LogP contribution in [0.1, 0.15) is 25.1 Å². The molecule has 1 aromatic heterocycles. The van der Waals surface area contributed by atoms with E-state index in [1.807, 2.05) is 49.2 Å². The number of hydrogen-bond donors (Lipinski definition) is 2. The van der Waals surface area contributed by atoms with Crippen molar-refractivity contribution in [3.8, 4) is 11.1 Å². The minimum atomic E-state index is 0.163. The van der Waals surface area contributed by atoms with Crippen LogP contribution in [0.3, 0.4) is 0 Å². The van der Waals surface area contributed by atoms with Gasteiger partial charge in [-0.2, -0.15) is 4.98 Å². The molecule has 3 rings (SSSR count). The van der Waals surface area contributed by atoms with E-state index in [-0.39, 0.29) is 5.95 Å². The van der Waals surface area contributed by atoms with Crippen molar-refractivity contribution in [2.45, 2.75) is 26.8 Å². The molecular formula is C21H24ClN7. The van der Waals surface area contributed by atoms with Gasteiger partial charge < -0.3 is 11.5 Å². The van der Waals surface area contributed by atoms with Crippen molar-refractivity contribution in [1.29, 1.82) is 0 Å². The number of nitrogens with zero attached hydrogens (tertiary/aromatic N) is 5. The van der Waals surface area contributed by atoms with E-state index in [0.29, 0.717) is 36.0 Å². The van der Waals surface area contributed by atoms with Crippen LogP contribution in [0.2, 0.25) is 5.02 Å². The maximum Gasteiger partial charge on any atom is 0.222 e. The smallest absolute Gasteiger partial charge is 0.222 e. The number of nitrogens with two attached hydrogens (primary N) is 2. The number of halogens is 1. The molecule has 0 aliphatic carbocycles. The maximum atomic E-state index is 6.35. The lowest BCUT2D eigenvalue weighted by atomic mass is 10.0. The van der Waals surface area contributed by atoms with Crippen molar-refractivity contribution in [2.24, 2.45) is 10.3 Å². The van der Waals surface area contributed by atoms with Crippen LogP contribution in [0, 0.1) is 0 Å². The zero-order valence-corrected chi connectivity index (χ0v) is 17.3. The second-order valence-corrected chi connectivity index (χ2v) is 6.87. The quantitative estimate of drug-likeness (QED) is 0.419. The molecule has 0 aliphatic rings. The number of hydrogen-bond acceptors (Lipinski definition) is 6. The molecule has 0 unspecified atom stereocenters. The number of benzene rings is 2. The van der Waals surface area contributed by atoms with Crippen LogP contribution in [0.4, 0.5) is 17.5 Å². The van der Waals surface area contributed by atoms with Crippen LogP contribution >= 0.6 is 11.6 Å². The Bertz CT molecular complexity index is 1010. The van der Waals surface area contributed by atoms with Gasteiger partial charge in [0.2, 0.25) is 5.95 Å². The average Bonchev–Trinajstić information content (AvgIpc) is 2.72. The predicted octanol–water partition coefficient (Wildman–Crippen LogP) is 5.04. The van der Waals surface area contributed by atoms with E-state index in [0.717, 1.165) is 22.4 Å². The molecule has 0 saturated heterocycles. The van der Waals surface area contributed by atoms with Gasteiger partial charge >= 0.3 is 0 Å². The molecule has 0 amide bonds. The van der Waals surface area contributed by atoms with E-state index < -0.39 is 0 Å². The SMILES string of the molecule is CCc1nc(N)nc(N)c1-c1ccc(Cl)c(N=NN(CC)Cc2ccccc2)c1. The molecule has 0 saturated carbocycles.